The highest BCUT2D eigenvalue weighted by Gasteiger charge is 2.07. The van der Waals surface area contributed by atoms with Gasteiger partial charge in [-0.25, -0.2) is 0 Å². The highest BCUT2D eigenvalue weighted by molar-refractivity contribution is 6.95. The van der Waals surface area contributed by atoms with Crippen molar-refractivity contribution in [1.82, 2.24) is 0 Å². The van der Waals surface area contributed by atoms with Crippen LogP contribution in [0.3, 0.4) is 0 Å². The second kappa shape index (κ2) is 4.39. The van der Waals surface area contributed by atoms with Crippen LogP contribution in [0.15, 0.2) is 24.3 Å². The van der Waals surface area contributed by atoms with E-state index in [0.717, 1.165) is 0 Å². The number of allylic oxidation sites excluding steroid dienone is 4. The highest BCUT2D eigenvalue weighted by atomic mass is 35.6. The summed E-state index contributed by atoms with van der Waals surface area (Å²) in [5.41, 5.74) is 1.16. The average molecular weight is 209 g/mol. The maximum absolute atomic E-state index is 5.79. The Bertz CT molecular complexity index is 126. The van der Waals surface area contributed by atoms with Crippen LogP contribution < -0.4 is 0 Å². The molecule has 4 heteroatoms. The molecule has 1 aliphatic carbocycles. The number of hydrogen-bond acceptors (Lipinski definition) is 0. The average Bonchev–Trinajstić information content (AvgIpc) is 2.05. The first-order valence-electron chi connectivity index (χ1n) is 3.35. The van der Waals surface area contributed by atoms with Crippen molar-refractivity contribution in [3.05, 3.63) is 24.3 Å². The van der Waals surface area contributed by atoms with E-state index in [1.165, 1.54) is 0 Å². The summed E-state index contributed by atoms with van der Waals surface area (Å²) in [6.45, 7) is 0. The lowest BCUT2D eigenvalue weighted by atomic mass is 10.2. The minimum atomic E-state index is -0.391. The van der Waals surface area contributed by atoms with E-state index in [4.69, 9.17) is 22.2 Å². The molecule has 0 unspecified atom stereocenters. The summed E-state index contributed by atoms with van der Waals surface area (Å²) < 4.78 is 0. The molecule has 56 valence electrons. The fourth-order valence-electron chi connectivity index (χ4n) is 0.905. The van der Waals surface area contributed by atoms with Crippen LogP contribution in [0.1, 0.15) is 0 Å². The van der Waals surface area contributed by atoms with Crippen LogP contribution in [0.5, 0.6) is 0 Å². The Kier molecular flexibility index (Phi) is 3.77. The molecule has 0 spiro atoms. The Hall–Kier alpha value is 0.494. The molecule has 0 radical (unpaired) electrons. The van der Waals surface area contributed by atoms with Gasteiger partial charge in [-0.3, -0.25) is 0 Å². The largest absolute Gasteiger partial charge is 0.175 e. The maximum Gasteiger partial charge on any atom is 0.135 e. The van der Waals surface area contributed by atoms with Gasteiger partial charge in [-0.1, -0.05) is 24.3 Å². The Balaban J connectivity index is 2.45. The lowest BCUT2D eigenvalue weighted by Crippen LogP contribution is -1.99. The molecule has 1 aliphatic rings. The molecule has 0 bridgehead atoms. The minimum Gasteiger partial charge on any atom is -0.175 e. The second-order valence-corrected chi connectivity index (χ2v) is 6.76. The molecule has 0 atom stereocenters. The van der Waals surface area contributed by atoms with E-state index < -0.39 is 17.7 Å². The van der Waals surface area contributed by atoms with Crippen LogP contribution in [0.25, 0.3) is 0 Å². The van der Waals surface area contributed by atoms with Gasteiger partial charge in [-0.2, -0.15) is 22.2 Å². The molecular formula is C6H10Cl2Si2. The molecule has 0 nitrogen and oxygen atoms in total. The van der Waals surface area contributed by atoms with Crippen LogP contribution in [0, 0.1) is 0 Å². The third kappa shape index (κ3) is 2.27. The van der Waals surface area contributed by atoms with Gasteiger partial charge >= 0.3 is 0 Å². The van der Waals surface area contributed by atoms with Gasteiger partial charge in [0.2, 0.25) is 0 Å². The van der Waals surface area contributed by atoms with E-state index in [9.17, 15) is 0 Å². The standard InChI is InChI=1S/C6H10Cl2Si2/c7-9-5-1-2-6(10-8)4-3-5/h1-6H,9-10H2. The van der Waals surface area contributed by atoms with E-state index in [0.29, 0.717) is 11.1 Å². The van der Waals surface area contributed by atoms with Crippen molar-refractivity contribution >= 4 is 39.8 Å². The Morgan fingerprint density at radius 3 is 1.30 bits per heavy atom. The molecule has 0 aromatic carbocycles. The Labute approximate surface area is 75.3 Å². The number of hydrogen-bond donors (Lipinski definition) is 0. The zero-order chi connectivity index (χ0) is 7.40. The van der Waals surface area contributed by atoms with Gasteiger partial charge in [0.15, 0.2) is 0 Å². The first-order chi connectivity index (χ1) is 4.86. The summed E-state index contributed by atoms with van der Waals surface area (Å²) >= 11 is 11.6. The van der Waals surface area contributed by atoms with Gasteiger partial charge in [-0.15, -0.1) is 0 Å². The van der Waals surface area contributed by atoms with Gasteiger partial charge < -0.3 is 0 Å². The Morgan fingerprint density at radius 1 is 0.800 bits per heavy atom. The van der Waals surface area contributed by atoms with E-state index in [1.54, 1.807) is 0 Å². The summed E-state index contributed by atoms with van der Waals surface area (Å²) in [5.74, 6) is 0. The van der Waals surface area contributed by atoms with Crippen molar-refractivity contribution in [1.29, 1.82) is 0 Å². The summed E-state index contributed by atoms with van der Waals surface area (Å²) in [4.78, 5) is 0. The molecular weight excluding hydrogens is 199 g/mol. The van der Waals surface area contributed by atoms with Crippen LogP contribution >= 0.6 is 22.2 Å². The van der Waals surface area contributed by atoms with Crippen LogP contribution in [-0.2, 0) is 0 Å². The van der Waals surface area contributed by atoms with Gasteiger partial charge in [0, 0.05) is 0 Å². The first kappa shape index (κ1) is 8.59. The fourth-order valence-corrected chi connectivity index (χ4v) is 3.18. The lowest BCUT2D eigenvalue weighted by Gasteiger charge is -2.10. The monoisotopic (exact) mass is 208 g/mol. The summed E-state index contributed by atoms with van der Waals surface area (Å²) in [6.07, 6.45) is 8.83. The van der Waals surface area contributed by atoms with Crippen LogP contribution in [-0.4, -0.2) is 17.7 Å². The topological polar surface area (TPSA) is 0 Å². The first-order valence-corrected chi connectivity index (χ1v) is 9.26. The van der Waals surface area contributed by atoms with Crippen LogP contribution in [0.2, 0.25) is 11.1 Å². The third-order valence-electron chi connectivity index (χ3n) is 1.57. The van der Waals surface area contributed by atoms with Crippen molar-refractivity contribution < 1.29 is 0 Å². The molecule has 0 saturated heterocycles. The second-order valence-electron chi connectivity index (χ2n) is 2.41. The summed E-state index contributed by atoms with van der Waals surface area (Å²) in [7, 11) is -0.782. The zero-order valence-electron chi connectivity index (χ0n) is 5.63. The van der Waals surface area contributed by atoms with E-state index >= 15 is 0 Å². The van der Waals surface area contributed by atoms with Crippen molar-refractivity contribution in [3.63, 3.8) is 0 Å². The minimum absolute atomic E-state index is 0.391. The molecule has 0 heterocycles. The molecule has 1 rings (SSSR count). The SMILES string of the molecule is Cl[SiH2]C1C=CC([SiH2]Cl)C=C1. The summed E-state index contributed by atoms with van der Waals surface area (Å²) in [5, 5.41) is 0. The van der Waals surface area contributed by atoms with Crippen molar-refractivity contribution in [2.24, 2.45) is 0 Å². The van der Waals surface area contributed by atoms with Crippen molar-refractivity contribution in [3.8, 4) is 0 Å². The van der Waals surface area contributed by atoms with Gasteiger partial charge in [-0.05, 0) is 11.1 Å². The smallest absolute Gasteiger partial charge is 0.135 e. The zero-order valence-corrected chi connectivity index (χ0v) is 9.97. The molecule has 10 heavy (non-hydrogen) atoms. The molecule has 0 amide bonds. The molecule has 0 saturated carbocycles. The molecule has 0 aliphatic heterocycles. The Morgan fingerprint density at radius 2 is 1.10 bits per heavy atom. The molecule has 0 aromatic rings. The van der Waals surface area contributed by atoms with Gasteiger partial charge in [0.25, 0.3) is 0 Å². The van der Waals surface area contributed by atoms with E-state index in [-0.39, 0.29) is 0 Å². The van der Waals surface area contributed by atoms with E-state index in [2.05, 4.69) is 24.3 Å². The van der Waals surface area contributed by atoms with Gasteiger partial charge in [0.05, 0.1) is 0 Å². The van der Waals surface area contributed by atoms with Gasteiger partial charge in [0.1, 0.15) is 17.7 Å². The van der Waals surface area contributed by atoms with E-state index in [1.807, 2.05) is 0 Å². The van der Waals surface area contributed by atoms with Crippen LogP contribution in [0.4, 0.5) is 0 Å². The predicted molar refractivity (Wildman–Crippen MR) is 54.6 cm³/mol. The number of rotatable bonds is 2. The molecule has 0 fully saturated rings. The fraction of sp³-hybridized carbons (Fsp3) is 0.333. The highest BCUT2D eigenvalue weighted by Crippen LogP contribution is 2.22. The lowest BCUT2D eigenvalue weighted by molar-refractivity contribution is 1.21. The third-order valence-corrected chi connectivity index (χ3v) is 5.51. The summed E-state index contributed by atoms with van der Waals surface area (Å²) in [6, 6.07) is 0. The van der Waals surface area contributed by atoms with Crippen molar-refractivity contribution in [2.75, 3.05) is 0 Å². The predicted octanol–water partition coefficient (Wildman–Crippen LogP) is 1.33. The van der Waals surface area contributed by atoms with Crippen molar-refractivity contribution in [2.45, 2.75) is 11.1 Å². The normalized spacial score (nSPS) is 33.4. The number of halogens is 2. The molecule has 0 N–H and O–H groups in total. The maximum atomic E-state index is 5.79. The molecule has 0 aromatic heterocycles. The quantitative estimate of drug-likeness (QED) is 0.366.